The van der Waals surface area contributed by atoms with Crippen LogP contribution in [-0.2, 0) is 14.8 Å². The summed E-state index contributed by atoms with van der Waals surface area (Å²) in [7, 11) is -3.82. The van der Waals surface area contributed by atoms with E-state index < -0.39 is 15.4 Å². The molecule has 2 aromatic rings. The third-order valence-electron chi connectivity index (χ3n) is 5.40. The summed E-state index contributed by atoms with van der Waals surface area (Å²) >= 11 is 0. The number of ether oxygens (including phenoxy) is 2. The molecule has 0 bridgehead atoms. The highest BCUT2D eigenvalue weighted by atomic mass is 32.2. The van der Waals surface area contributed by atoms with Crippen LogP contribution in [0.3, 0.4) is 0 Å². The highest BCUT2D eigenvalue weighted by molar-refractivity contribution is 7.92. The SMILES string of the molecule is CCCN1C(=O)C(C)(C)COc2cc(NS(=O)(=O)c3cc(C)c(OCC)c(C)c3)ccc21. The molecule has 0 fully saturated rings. The molecule has 0 unspecified atom stereocenters. The van der Waals surface area contributed by atoms with Gasteiger partial charge in [-0.2, -0.15) is 0 Å². The van der Waals surface area contributed by atoms with Crippen molar-refractivity contribution in [1.29, 1.82) is 0 Å². The van der Waals surface area contributed by atoms with Crippen LogP contribution in [0.5, 0.6) is 11.5 Å². The summed E-state index contributed by atoms with van der Waals surface area (Å²) in [5, 5.41) is 0. The summed E-state index contributed by atoms with van der Waals surface area (Å²) in [4.78, 5) is 14.9. The summed E-state index contributed by atoms with van der Waals surface area (Å²) < 4.78 is 40.3. The number of amides is 1. The van der Waals surface area contributed by atoms with E-state index in [2.05, 4.69) is 4.72 Å². The van der Waals surface area contributed by atoms with Crippen LogP contribution in [-0.4, -0.2) is 34.1 Å². The molecule has 32 heavy (non-hydrogen) atoms. The number of rotatable bonds is 7. The van der Waals surface area contributed by atoms with Crippen molar-refractivity contribution in [3.63, 3.8) is 0 Å². The van der Waals surface area contributed by atoms with Gasteiger partial charge >= 0.3 is 0 Å². The van der Waals surface area contributed by atoms with Gasteiger partial charge in [0.05, 0.1) is 28.3 Å². The topological polar surface area (TPSA) is 84.9 Å². The number of sulfonamides is 1. The summed E-state index contributed by atoms with van der Waals surface area (Å²) in [6, 6.07) is 8.23. The predicted octanol–water partition coefficient (Wildman–Crippen LogP) is 4.66. The number of hydrogen-bond donors (Lipinski definition) is 1. The Labute approximate surface area is 190 Å². The maximum absolute atomic E-state index is 13.1. The number of aryl methyl sites for hydroxylation is 2. The molecule has 8 heteroatoms. The minimum Gasteiger partial charge on any atom is -0.493 e. The van der Waals surface area contributed by atoms with Crippen LogP contribution in [0.1, 0.15) is 45.2 Å². The lowest BCUT2D eigenvalue weighted by Crippen LogP contribution is -2.42. The molecule has 0 saturated heterocycles. The first-order valence-electron chi connectivity index (χ1n) is 10.9. The molecule has 1 aliphatic rings. The Kier molecular flexibility index (Phi) is 6.74. The molecular weight excluding hydrogens is 428 g/mol. The van der Waals surface area contributed by atoms with E-state index in [0.29, 0.717) is 36.0 Å². The van der Waals surface area contributed by atoms with Crippen LogP contribution < -0.4 is 19.1 Å². The Hall–Kier alpha value is -2.74. The van der Waals surface area contributed by atoms with Crippen LogP contribution in [0.4, 0.5) is 11.4 Å². The second-order valence-corrected chi connectivity index (χ2v) is 10.4. The number of fused-ring (bicyclic) bond motifs is 1. The molecular formula is C24H32N2O5S. The average Bonchev–Trinajstić information content (AvgIpc) is 2.80. The molecule has 1 aliphatic heterocycles. The first kappa shape index (κ1) is 23.9. The molecule has 0 aliphatic carbocycles. The number of anilines is 2. The minimum atomic E-state index is -3.82. The van der Waals surface area contributed by atoms with E-state index in [1.54, 1.807) is 35.2 Å². The Morgan fingerprint density at radius 2 is 1.78 bits per heavy atom. The molecule has 174 valence electrons. The molecule has 0 aromatic heterocycles. The normalized spacial score (nSPS) is 15.6. The lowest BCUT2D eigenvalue weighted by atomic mass is 9.93. The number of hydrogen-bond acceptors (Lipinski definition) is 5. The van der Waals surface area contributed by atoms with Crippen molar-refractivity contribution in [3.05, 3.63) is 41.5 Å². The van der Waals surface area contributed by atoms with E-state index in [1.165, 1.54) is 0 Å². The zero-order valence-electron chi connectivity index (χ0n) is 19.6. The monoisotopic (exact) mass is 460 g/mol. The largest absolute Gasteiger partial charge is 0.493 e. The zero-order valence-corrected chi connectivity index (χ0v) is 20.4. The van der Waals surface area contributed by atoms with Crippen LogP contribution in [0.15, 0.2) is 35.2 Å². The van der Waals surface area contributed by atoms with Crippen molar-refractivity contribution in [2.45, 2.75) is 52.9 Å². The predicted molar refractivity (Wildman–Crippen MR) is 126 cm³/mol. The van der Waals surface area contributed by atoms with Gasteiger partial charge in [0.2, 0.25) is 5.91 Å². The van der Waals surface area contributed by atoms with E-state index in [1.807, 2.05) is 41.5 Å². The van der Waals surface area contributed by atoms with Crippen molar-refractivity contribution in [2.24, 2.45) is 5.41 Å². The molecule has 1 heterocycles. The minimum absolute atomic E-state index is 0.00762. The van der Waals surface area contributed by atoms with Gasteiger partial charge in [-0.25, -0.2) is 8.42 Å². The first-order chi connectivity index (χ1) is 15.0. The van der Waals surface area contributed by atoms with E-state index in [-0.39, 0.29) is 17.4 Å². The molecule has 0 atom stereocenters. The van der Waals surface area contributed by atoms with Gasteiger partial charge in [0.15, 0.2) is 0 Å². The molecule has 0 spiro atoms. The average molecular weight is 461 g/mol. The fourth-order valence-corrected chi connectivity index (χ4v) is 5.03. The van der Waals surface area contributed by atoms with E-state index >= 15 is 0 Å². The van der Waals surface area contributed by atoms with Crippen LogP contribution in [0.25, 0.3) is 0 Å². The number of carbonyl (C=O) groups excluding carboxylic acids is 1. The summed E-state index contributed by atoms with van der Waals surface area (Å²) in [5.74, 6) is 1.18. The Morgan fingerprint density at radius 3 is 2.38 bits per heavy atom. The van der Waals surface area contributed by atoms with Crippen molar-refractivity contribution in [2.75, 3.05) is 29.4 Å². The molecule has 0 saturated carbocycles. The van der Waals surface area contributed by atoms with Crippen molar-refractivity contribution in [3.8, 4) is 11.5 Å². The molecule has 1 amide bonds. The van der Waals surface area contributed by atoms with Gasteiger partial charge in [-0.15, -0.1) is 0 Å². The van der Waals surface area contributed by atoms with Crippen molar-refractivity contribution in [1.82, 2.24) is 0 Å². The number of nitrogens with zero attached hydrogens (tertiary/aromatic N) is 1. The standard InChI is InChI=1S/C24H32N2O5S/c1-7-11-26-20-10-9-18(14-21(20)31-15-24(5,6)23(26)27)25-32(28,29)19-12-16(3)22(30-8-2)17(4)13-19/h9-10,12-14,25H,7-8,11,15H2,1-6H3. The molecule has 3 rings (SSSR count). The highest BCUT2D eigenvalue weighted by Gasteiger charge is 2.37. The maximum atomic E-state index is 13.1. The van der Waals surface area contributed by atoms with E-state index in [9.17, 15) is 13.2 Å². The van der Waals surface area contributed by atoms with Gasteiger partial charge in [0.1, 0.15) is 18.1 Å². The first-order valence-corrected chi connectivity index (χ1v) is 12.3. The Balaban J connectivity index is 1.94. The molecule has 1 N–H and O–H groups in total. The summed E-state index contributed by atoms with van der Waals surface area (Å²) in [6.45, 7) is 12.5. The zero-order chi connectivity index (χ0) is 23.7. The lowest BCUT2D eigenvalue weighted by Gasteiger charge is -2.27. The fourth-order valence-electron chi connectivity index (χ4n) is 3.81. The van der Waals surface area contributed by atoms with E-state index in [0.717, 1.165) is 17.5 Å². The lowest BCUT2D eigenvalue weighted by molar-refractivity contribution is -0.127. The molecule has 0 radical (unpaired) electrons. The summed E-state index contributed by atoms with van der Waals surface area (Å²) in [6.07, 6.45) is 0.798. The van der Waals surface area contributed by atoms with Gasteiger partial charge in [0, 0.05) is 12.6 Å². The second kappa shape index (κ2) is 9.02. The van der Waals surface area contributed by atoms with Crippen molar-refractivity contribution < 1.29 is 22.7 Å². The van der Waals surface area contributed by atoms with Crippen LogP contribution in [0, 0.1) is 19.3 Å². The fraction of sp³-hybridized carbons (Fsp3) is 0.458. The quantitative estimate of drug-likeness (QED) is 0.649. The van der Waals surface area contributed by atoms with Crippen LogP contribution >= 0.6 is 0 Å². The highest BCUT2D eigenvalue weighted by Crippen LogP contribution is 2.39. The molecule has 7 nitrogen and oxygen atoms in total. The van der Waals surface area contributed by atoms with Crippen molar-refractivity contribution >= 4 is 27.3 Å². The van der Waals surface area contributed by atoms with Gasteiger partial charge in [-0.3, -0.25) is 9.52 Å². The maximum Gasteiger partial charge on any atom is 0.261 e. The van der Waals surface area contributed by atoms with Gasteiger partial charge < -0.3 is 14.4 Å². The van der Waals surface area contributed by atoms with Gasteiger partial charge in [0.25, 0.3) is 10.0 Å². The molecule has 2 aromatic carbocycles. The number of benzene rings is 2. The second-order valence-electron chi connectivity index (χ2n) is 8.74. The third kappa shape index (κ3) is 4.70. The third-order valence-corrected chi connectivity index (χ3v) is 6.76. The van der Waals surface area contributed by atoms with Gasteiger partial charge in [-0.1, -0.05) is 6.92 Å². The smallest absolute Gasteiger partial charge is 0.261 e. The number of nitrogens with one attached hydrogen (secondary N) is 1. The Morgan fingerprint density at radius 1 is 1.12 bits per heavy atom. The summed E-state index contributed by atoms with van der Waals surface area (Å²) in [5.41, 5.74) is 1.86. The van der Waals surface area contributed by atoms with E-state index in [4.69, 9.17) is 9.47 Å². The Bertz CT molecular complexity index is 1100. The number of carbonyl (C=O) groups is 1. The van der Waals surface area contributed by atoms with Gasteiger partial charge in [-0.05, 0) is 76.4 Å². The van der Waals surface area contributed by atoms with Crippen LogP contribution in [0.2, 0.25) is 0 Å².